The number of methoxy groups -OCH3 is 1. The second-order valence-corrected chi connectivity index (χ2v) is 6.87. The Hall–Kier alpha value is -3.24. The van der Waals surface area contributed by atoms with E-state index in [4.69, 9.17) is 20.9 Å². The van der Waals surface area contributed by atoms with Crippen LogP contribution in [-0.2, 0) is 0 Å². The molecule has 0 unspecified atom stereocenters. The van der Waals surface area contributed by atoms with Crippen LogP contribution in [0.2, 0.25) is 0 Å². The first-order valence-electron chi connectivity index (χ1n) is 8.30. The van der Waals surface area contributed by atoms with Gasteiger partial charge in [0.05, 0.1) is 18.9 Å². The van der Waals surface area contributed by atoms with E-state index in [9.17, 15) is 0 Å². The van der Waals surface area contributed by atoms with Crippen LogP contribution in [0.25, 0.3) is 0 Å². The lowest BCUT2D eigenvalue weighted by Crippen LogP contribution is -2.03. The lowest BCUT2D eigenvalue weighted by Gasteiger charge is -2.17. The highest BCUT2D eigenvalue weighted by molar-refractivity contribution is 7.08. The van der Waals surface area contributed by atoms with E-state index >= 15 is 0 Å². The molecule has 0 radical (unpaired) electrons. The fraction of sp³-hybridized carbons (Fsp3) is 0.200. The lowest BCUT2D eigenvalue weighted by molar-refractivity contribution is 0.409. The van der Waals surface area contributed by atoms with E-state index in [1.54, 1.807) is 18.4 Å². The molecular formula is C20H20N4O2S. The van der Waals surface area contributed by atoms with Crippen molar-refractivity contribution in [2.75, 3.05) is 18.6 Å². The van der Waals surface area contributed by atoms with E-state index in [1.165, 1.54) is 6.20 Å². The minimum absolute atomic E-state index is 0.0981. The van der Waals surface area contributed by atoms with Crippen LogP contribution in [0.4, 0.5) is 11.8 Å². The monoisotopic (exact) mass is 380 g/mol. The highest BCUT2D eigenvalue weighted by atomic mass is 32.1. The zero-order chi connectivity index (χ0) is 19.4. The molecule has 3 aromatic rings. The number of benzene rings is 1. The van der Waals surface area contributed by atoms with Crippen LogP contribution >= 0.6 is 11.3 Å². The first-order valence-corrected chi connectivity index (χ1v) is 9.24. The van der Waals surface area contributed by atoms with E-state index in [1.807, 2.05) is 29.0 Å². The van der Waals surface area contributed by atoms with Gasteiger partial charge in [0.15, 0.2) is 11.6 Å². The van der Waals surface area contributed by atoms with E-state index in [2.05, 4.69) is 35.7 Å². The van der Waals surface area contributed by atoms with Crippen molar-refractivity contribution < 1.29 is 9.47 Å². The van der Waals surface area contributed by atoms with E-state index in [0.717, 1.165) is 16.7 Å². The Morgan fingerprint density at radius 2 is 1.93 bits per heavy atom. The van der Waals surface area contributed by atoms with E-state index < -0.39 is 0 Å². The topological polar surface area (TPSA) is 96.3 Å². The molecule has 0 aliphatic heterocycles. The number of hydrogen-bond acceptors (Lipinski definition) is 7. The van der Waals surface area contributed by atoms with Crippen LogP contribution in [0.3, 0.4) is 0 Å². The predicted molar refractivity (Wildman–Crippen MR) is 108 cm³/mol. The SMILES string of the molecule is COc1cc(C(C)C)c(Oc2cnc(N)nc2N)cc1C#Cc1ccsc1. The molecular weight excluding hydrogens is 360 g/mol. The molecule has 0 bridgehead atoms. The highest BCUT2D eigenvalue weighted by Gasteiger charge is 2.16. The van der Waals surface area contributed by atoms with Crippen LogP contribution in [0, 0.1) is 11.8 Å². The normalized spacial score (nSPS) is 10.4. The summed E-state index contributed by atoms with van der Waals surface area (Å²) in [6.07, 6.45) is 1.46. The van der Waals surface area contributed by atoms with Gasteiger partial charge in [-0.3, -0.25) is 0 Å². The Labute approximate surface area is 162 Å². The molecule has 0 fully saturated rings. The Morgan fingerprint density at radius 1 is 1.11 bits per heavy atom. The van der Waals surface area contributed by atoms with Crippen molar-refractivity contribution >= 4 is 23.1 Å². The molecule has 0 saturated heterocycles. The Morgan fingerprint density at radius 3 is 2.56 bits per heavy atom. The standard InChI is InChI=1S/C20H20N4O2S/c1-12(2)15-9-16(25-3)14(5-4-13-6-7-27-11-13)8-17(15)26-18-10-23-20(22)24-19(18)21/h6-12H,1-3H3,(H4,21,22,23,24). The fourth-order valence-corrected chi connectivity index (χ4v) is 3.04. The van der Waals surface area contributed by atoms with Gasteiger partial charge in [-0.2, -0.15) is 16.3 Å². The second kappa shape index (κ2) is 7.98. The molecule has 2 aromatic heterocycles. The summed E-state index contributed by atoms with van der Waals surface area (Å²) in [6, 6.07) is 5.76. The Bertz CT molecular complexity index is 1000. The fourth-order valence-electron chi connectivity index (χ4n) is 2.45. The second-order valence-electron chi connectivity index (χ2n) is 6.09. The van der Waals surface area contributed by atoms with Crippen molar-refractivity contribution in [2.45, 2.75) is 19.8 Å². The maximum absolute atomic E-state index is 6.01. The molecule has 0 aliphatic rings. The molecule has 0 saturated carbocycles. The Kier molecular flexibility index (Phi) is 5.48. The van der Waals surface area contributed by atoms with Crippen LogP contribution in [0.15, 0.2) is 35.2 Å². The lowest BCUT2D eigenvalue weighted by atomic mass is 9.99. The summed E-state index contributed by atoms with van der Waals surface area (Å²) in [5.41, 5.74) is 14.1. The minimum Gasteiger partial charge on any atom is -0.495 e. The summed E-state index contributed by atoms with van der Waals surface area (Å²) >= 11 is 1.60. The third kappa shape index (κ3) is 4.30. The van der Waals surface area contributed by atoms with Crippen LogP contribution in [-0.4, -0.2) is 17.1 Å². The van der Waals surface area contributed by atoms with Crippen molar-refractivity contribution in [2.24, 2.45) is 0 Å². The van der Waals surface area contributed by atoms with Crippen molar-refractivity contribution in [1.82, 2.24) is 9.97 Å². The molecule has 1 aromatic carbocycles. The van der Waals surface area contributed by atoms with Gasteiger partial charge in [0.1, 0.15) is 11.5 Å². The smallest absolute Gasteiger partial charge is 0.222 e. The van der Waals surface area contributed by atoms with E-state index in [-0.39, 0.29) is 17.7 Å². The third-order valence-electron chi connectivity index (χ3n) is 3.84. The zero-order valence-electron chi connectivity index (χ0n) is 15.3. The summed E-state index contributed by atoms with van der Waals surface area (Å²) in [5.74, 6) is 8.42. The van der Waals surface area contributed by atoms with Gasteiger partial charge in [0.25, 0.3) is 0 Å². The molecule has 0 amide bonds. The first-order chi connectivity index (χ1) is 13.0. The molecule has 27 heavy (non-hydrogen) atoms. The molecule has 7 heteroatoms. The van der Waals surface area contributed by atoms with Crippen molar-refractivity contribution in [3.05, 3.63) is 51.8 Å². The summed E-state index contributed by atoms with van der Waals surface area (Å²) in [6.45, 7) is 4.14. The van der Waals surface area contributed by atoms with Crippen molar-refractivity contribution in [3.8, 4) is 29.1 Å². The van der Waals surface area contributed by atoms with E-state index in [0.29, 0.717) is 17.2 Å². The predicted octanol–water partition coefficient (Wildman–Crippen LogP) is 4.03. The average molecular weight is 380 g/mol. The van der Waals surface area contributed by atoms with Gasteiger partial charge in [-0.05, 0) is 23.4 Å². The maximum Gasteiger partial charge on any atom is 0.222 e. The number of thiophene rings is 1. The van der Waals surface area contributed by atoms with Gasteiger partial charge in [0, 0.05) is 22.6 Å². The molecule has 6 nitrogen and oxygen atoms in total. The van der Waals surface area contributed by atoms with Gasteiger partial charge in [-0.1, -0.05) is 25.7 Å². The average Bonchev–Trinajstić information content (AvgIpc) is 3.15. The van der Waals surface area contributed by atoms with Crippen molar-refractivity contribution in [1.29, 1.82) is 0 Å². The Balaban J connectivity index is 2.06. The molecule has 0 atom stereocenters. The van der Waals surface area contributed by atoms with Gasteiger partial charge in [0.2, 0.25) is 5.95 Å². The summed E-state index contributed by atoms with van der Waals surface area (Å²) in [4.78, 5) is 7.89. The van der Waals surface area contributed by atoms with Crippen LogP contribution in [0.1, 0.15) is 36.5 Å². The zero-order valence-corrected chi connectivity index (χ0v) is 16.1. The number of nitrogen functional groups attached to an aromatic ring is 2. The summed E-state index contributed by atoms with van der Waals surface area (Å²) < 4.78 is 11.5. The highest BCUT2D eigenvalue weighted by Crippen LogP contribution is 2.37. The number of nitrogens with zero attached hydrogens (tertiary/aromatic N) is 2. The molecule has 0 spiro atoms. The van der Waals surface area contributed by atoms with Gasteiger partial charge in [-0.15, -0.1) is 0 Å². The van der Waals surface area contributed by atoms with Crippen LogP contribution < -0.4 is 20.9 Å². The molecule has 2 heterocycles. The molecule has 138 valence electrons. The number of nitrogens with two attached hydrogens (primary N) is 2. The number of rotatable bonds is 4. The van der Waals surface area contributed by atoms with Gasteiger partial charge < -0.3 is 20.9 Å². The molecule has 3 rings (SSSR count). The third-order valence-corrected chi connectivity index (χ3v) is 4.52. The molecule has 4 N–H and O–H groups in total. The number of hydrogen-bond donors (Lipinski definition) is 2. The number of aromatic nitrogens is 2. The quantitative estimate of drug-likeness (QED) is 0.664. The van der Waals surface area contributed by atoms with Gasteiger partial charge in [-0.25, -0.2) is 4.98 Å². The summed E-state index contributed by atoms with van der Waals surface area (Å²) in [7, 11) is 1.63. The maximum atomic E-state index is 6.01. The first kappa shape index (κ1) is 18.5. The number of anilines is 2. The van der Waals surface area contributed by atoms with Gasteiger partial charge >= 0.3 is 0 Å². The molecule has 0 aliphatic carbocycles. The minimum atomic E-state index is 0.0981. The summed E-state index contributed by atoms with van der Waals surface area (Å²) in [5, 5.41) is 3.98. The van der Waals surface area contributed by atoms with Crippen LogP contribution in [0.5, 0.6) is 17.2 Å². The largest absolute Gasteiger partial charge is 0.495 e. The number of ether oxygens (including phenoxy) is 2. The van der Waals surface area contributed by atoms with Crippen molar-refractivity contribution in [3.63, 3.8) is 0 Å².